The summed E-state index contributed by atoms with van der Waals surface area (Å²) in [5, 5.41) is 22.0. The molecule has 0 aliphatic carbocycles. The number of benzene rings is 1. The van der Waals surface area contributed by atoms with Crippen LogP contribution in [-0.2, 0) is 9.59 Å². The lowest BCUT2D eigenvalue weighted by Gasteiger charge is -2.11. The molecule has 0 radical (unpaired) electrons. The Kier molecular flexibility index (Phi) is 5.62. The molecule has 4 N–H and O–H groups in total. The van der Waals surface area contributed by atoms with Crippen LogP contribution in [0, 0.1) is 0 Å². The third-order valence-electron chi connectivity index (χ3n) is 2.85. The van der Waals surface area contributed by atoms with Crippen molar-refractivity contribution < 1.29 is 29.4 Å². The van der Waals surface area contributed by atoms with Crippen LogP contribution in [0.4, 0.5) is 0 Å². The number of nitrogens with one attached hydrogen (secondary N) is 2. The molecular formula is C14H16N2O6. The molecule has 0 spiro atoms. The zero-order valence-corrected chi connectivity index (χ0v) is 12.0. The van der Waals surface area contributed by atoms with Gasteiger partial charge in [0, 0.05) is 11.1 Å². The van der Waals surface area contributed by atoms with E-state index in [2.05, 4.69) is 10.6 Å². The lowest BCUT2D eigenvalue weighted by atomic mass is 10.1. The molecule has 1 rings (SSSR count). The maximum atomic E-state index is 11.8. The third-order valence-corrected chi connectivity index (χ3v) is 2.85. The Bertz CT molecular complexity index is 543. The van der Waals surface area contributed by atoms with Crippen LogP contribution in [-0.4, -0.2) is 46.0 Å². The van der Waals surface area contributed by atoms with Gasteiger partial charge in [-0.3, -0.25) is 19.2 Å². The van der Waals surface area contributed by atoms with Gasteiger partial charge in [0.25, 0.3) is 11.8 Å². The largest absolute Gasteiger partial charge is 0.480 e. The van der Waals surface area contributed by atoms with Gasteiger partial charge in [0.15, 0.2) is 0 Å². The van der Waals surface area contributed by atoms with Crippen molar-refractivity contribution in [1.82, 2.24) is 10.6 Å². The van der Waals surface area contributed by atoms with Gasteiger partial charge in [-0.25, -0.2) is 0 Å². The van der Waals surface area contributed by atoms with Crippen LogP contribution in [0.3, 0.4) is 0 Å². The molecule has 0 saturated carbocycles. The molecule has 2 atom stereocenters. The smallest absolute Gasteiger partial charge is 0.325 e. The maximum Gasteiger partial charge on any atom is 0.325 e. The Morgan fingerprint density at radius 3 is 1.27 bits per heavy atom. The predicted molar refractivity (Wildman–Crippen MR) is 75.6 cm³/mol. The van der Waals surface area contributed by atoms with Crippen molar-refractivity contribution in [3.05, 3.63) is 35.4 Å². The van der Waals surface area contributed by atoms with Gasteiger partial charge in [-0.15, -0.1) is 0 Å². The molecule has 1 aromatic rings. The topological polar surface area (TPSA) is 133 Å². The third kappa shape index (κ3) is 4.58. The average molecular weight is 308 g/mol. The molecule has 0 aliphatic heterocycles. The van der Waals surface area contributed by atoms with Crippen molar-refractivity contribution in [3.63, 3.8) is 0 Å². The first kappa shape index (κ1) is 17.2. The van der Waals surface area contributed by atoms with Crippen LogP contribution in [0.1, 0.15) is 34.6 Å². The second kappa shape index (κ2) is 7.21. The zero-order chi connectivity index (χ0) is 16.9. The molecule has 0 bridgehead atoms. The standard InChI is InChI=1S/C14H16N2O6/c1-7(13(19)20)15-11(17)9-3-5-10(6-4-9)12(18)16-8(2)14(21)22/h3-8H,1-2H3,(H,15,17)(H,16,18)(H,19,20)(H,21,22)/t7-,8+. The average Bonchev–Trinajstić information content (AvgIpc) is 2.46. The minimum Gasteiger partial charge on any atom is -0.480 e. The lowest BCUT2D eigenvalue weighted by molar-refractivity contribution is -0.139. The van der Waals surface area contributed by atoms with E-state index in [4.69, 9.17) is 10.2 Å². The number of carboxylic acids is 2. The van der Waals surface area contributed by atoms with Crippen molar-refractivity contribution >= 4 is 23.8 Å². The highest BCUT2D eigenvalue weighted by Crippen LogP contribution is 2.05. The highest BCUT2D eigenvalue weighted by molar-refractivity contribution is 5.99. The molecule has 8 heteroatoms. The Labute approximate surface area is 126 Å². The van der Waals surface area contributed by atoms with E-state index in [9.17, 15) is 19.2 Å². The van der Waals surface area contributed by atoms with E-state index in [1.165, 1.54) is 38.1 Å². The summed E-state index contributed by atoms with van der Waals surface area (Å²) in [6, 6.07) is 3.34. The number of hydrogen-bond donors (Lipinski definition) is 4. The first-order valence-electron chi connectivity index (χ1n) is 6.39. The van der Waals surface area contributed by atoms with Gasteiger partial charge < -0.3 is 20.8 Å². The monoisotopic (exact) mass is 308 g/mol. The molecule has 0 fully saturated rings. The van der Waals surface area contributed by atoms with Gasteiger partial charge in [0.1, 0.15) is 12.1 Å². The summed E-state index contributed by atoms with van der Waals surface area (Å²) in [6.07, 6.45) is 0. The highest BCUT2D eigenvalue weighted by atomic mass is 16.4. The normalized spacial score (nSPS) is 12.8. The van der Waals surface area contributed by atoms with Crippen LogP contribution in [0.2, 0.25) is 0 Å². The molecular weight excluding hydrogens is 292 g/mol. The number of carboxylic acid groups (broad SMARTS) is 2. The highest BCUT2D eigenvalue weighted by Gasteiger charge is 2.17. The van der Waals surface area contributed by atoms with Gasteiger partial charge in [-0.1, -0.05) is 0 Å². The first-order chi connectivity index (χ1) is 10.2. The van der Waals surface area contributed by atoms with Crippen molar-refractivity contribution in [2.24, 2.45) is 0 Å². The quantitative estimate of drug-likeness (QED) is 0.589. The fourth-order valence-electron chi connectivity index (χ4n) is 1.46. The molecule has 22 heavy (non-hydrogen) atoms. The molecule has 0 heterocycles. The van der Waals surface area contributed by atoms with E-state index in [1.54, 1.807) is 0 Å². The number of rotatable bonds is 6. The van der Waals surface area contributed by atoms with Crippen LogP contribution in [0.5, 0.6) is 0 Å². The number of carbonyl (C=O) groups excluding carboxylic acids is 2. The first-order valence-corrected chi connectivity index (χ1v) is 6.39. The molecule has 0 saturated heterocycles. The molecule has 1 aromatic carbocycles. The Morgan fingerprint density at radius 1 is 0.773 bits per heavy atom. The molecule has 0 aliphatic rings. The summed E-state index contributed by atoms with van der Waals surface area (Å²) >= 11 is 0. The molecule has 0 unspecified atom stereocenters. The fourth-order valence-corrected chi connectivity index (χ4v) is 1.46. The number of amides is 2. The van der Waals surface area contributed by atoms with E-state index in [-0.39, 0.29) is 11.1 Å². The van der Waals surface area contributed by atoms with E-state index < -0.39 is 35.8 Å². The second-order valence-corrected chi connectivity index (χ2v) is 4.64. The van der Waals surface area contributed by atoms with Crippen LogP contribution in [0.15, 0.2) is 24.3 Å². The van der Waals surface area contributed by atoms with Crippen molar-refractivity contribution in [2.45, 2.75) is 25.9 Å². The van der Waals surface area contributed by atoms with Crippen LogP contribution in [0.25, 0.3) is 0 Å². The van der Waals surface area contributed by atoms with Gasteiger partial charge in [0.2, 0.25) is 0 Å². The summed E-state index contributed by atoms with van der Waals surface area (Å²) < 4.78 is 0. The Balaban J connectivity index is 2.74. The zero-order valence-electron chi connectivity index (χ0n) is 12.0. The van der Waals surface area contributed by atoms with E-state index >= 15 is 0 Å². The predicted octanol–water partition coefficient (Wildman–Crippen LogP) is 0.0924. The lowest BCUT2D eigenvalue weighted by Crippen LogP contribution is -2.39. The van der Waals surface area contributed by atoms with Crippen LogP contribution >= 0.6 is 0 Å². The minimum absolute atomic E-state index is 0.191. The second-order valence-electron chi connectivity index (χ2n) is 4.64. The van der Waals surface area contributed by atoms with E-state index in [1.807, 2.05) is 0 Å². The molecule has 2 amide bonds. The minimum atomic E-state index is -1.16. The van der Waals surface area contributed by atoms with Crippen molar-refractivity contribution in [1.29, 1.82) is 0 Å². The SMILES string of the molecule is C[C@H](NC(=O)c1ccc(C(=O)N[C@H](C)C(=O)O)cc1)C(=O)O. The van der Waals surface area contributed by atoms with Gasteiger partial charge >= 0.3 is 11.9 Å². The number of carbonyl (C=O) groups is 4. The van der Waals surface area contributed by atoms with Gasteiger partial charge in [-0.2, -0.15) is 0 Å². The summed E-state index contributed by atoms with van der Waals surface area (Å²) in [5.41, 5.74) is 0.381. The van der Waals surface area contributed by atoms with Gasteiger partial charge in [-0.05, 0) is 38.1 Å². The number of hydrogen-bond acceptors (Lipinski definition) is 4. The molecule has 8 nitrogen and oxygen atoms in total. The van der Waals surface area contributed by atoms with Crippen molar-refractivity contribution in [3.8, 4) is 0 Å². The summed E-state index contributed by atoms with van der Waals surface area (Å²) in [4.78, 5) is 44.8. The van der Waals surface area contributed by atoms with Crippen molar-refractivity contribution in [2.75, 3.05) is 0 Å². The molecule has 0 aromatic heterocycles. The Morgan fingerprint density at radius 2 is 1.05 bits per heavy atom. The Hall–Kier alpha value is -2.90. The summed E-state index contributed by atoms with van der Waals surface area (Å²) in [5.74, 6) is -3.49. The number of aliphatic carboxylic acids is 2. The summed E-state index contributed by atoms with van der Waals surface area (Å²) in [7, 11) is 0. The maximum absolute atomic E-state index is 11.8. The summed E-state index contributed by atoms with van der Waals surface area (Å²) in [6.45, 7) is 2.66. The van der Waals surface area contributed by atoms with Gasteiger partial charge in [0.05, 0.1) is 0 Å². The van der Waals surface area contributed by atoms with E-state index in [0.29, 0.717) is 0 Å². The molecule has 118 valence electrons. The van der Waals surface area contributed by atoms with Crippen LogP contribution < -0.4 is 10.6 Å². The van der Waals surface area contributed by atoms with E-state index in [0.717, 1.165) is 0 Å². The fraction of sp³-hybridized carbons (Fsp3) is 0.286.